The van der Waals surface area contributed by atoms with Gasteiger partial charge in [-0.3, -0.25) is 14.8 Å². The van der Waals surface area contributed by atoms with E-state index in [0.29, 0.717) is 24.0 Å². The standard InChI is InChI=1S/C21H21F3N2O3/c22-21(23,24)17-6-2-1-4-15(17)14-10-8-13(9-11-14)12-19(27)25-18-7-3-5-16(18)20(28)26-29/h1-2,4,6,8-11,16,18,29H,3,5,7,12H2,(H,25,27)(H,26,28)/t16-,18+/m0/s1. The van der Waals surface area contributed by atoms with Crippen molar-refractivity contribution >= 4 is 11.8 Å². The maximum absolute atomic E-state index is 13.2. The van der Waals surface area contributed by atoms with Gasteiger partial charge < -0.3 is 5.32 Å². The zero-order valence-electron chi connectivity index (χ0n) is 15.5. The molecule has 0 heterocycles. The van der Waals surface area contributed by atoms with Crippen LogP contribution in [0.4, 0.5) is 13.2 Å². The second-order valence-electron chi connectivity index (χ2n) is 7.10. The van der Waals surface area contributed by atoms with Crippen LogP contribution in [-0.4, -0.2) is 23.1 Å². The van der Waals surface area contributed by atoms with Crippen LogP contribution in [0.2, 0.25) is 0 Å². The van der Waals surface area contributed by atoms with Crippen LogP contribution in [0.15, 0.2) is 48.5 Å². The molecule has 2 atom stereocenters. The molecule has 0 bridgehead atoms. The minimum absolute atomic E-state index is 0.0468. The molecular formula is C21H21F3N2O3. The molecule has 0 aromatic heterocycles. The van der Waals surface area contributed by atoms with Crippen molar-refractivity contribution in [3.8, 4) is 11.1 Å². The average molecular weight is 406 g/mol. The summed E-state index contributed by atoms with van der Waals surface area (Å²) in [5, 5.41) is 11.6. The molecule has 1 fully saturated rings. The van der Waals surface area contributed by atoms with E-state index in [2.05, 4.69) is 5.32 Å². The second kappa shape index (κ2) is 8.65. The highest BCUT2D eigenvalue weighted by Gasteiger charge is 2.34. The smallest absolute Gasteiger partial charge is 0.352 e. The van der Waals surface area contributed by atoms with Gasteiger partial charge in [-0.15, -0.1) is 0 Å². The molecule has 5 nitrogen and oxygen atoms in total. The number of halogens is 3. The Morgan fingerprint density at radius 2 is 1.72 bits per heavy atom. The van der Waals surface area contributed by atoms with Gasteiger partial charge in [0.15, 0.2) is 0 Å². The first-order valence-corrected chi connectivity index (χ1v) is 9.28. The lowest BCUT2D eigenvalue weighted by Gasteiger charge is -2.19. The maximum Gasteiger partial charge on any atom is 0.417 e. The fraction of sp³-hybridized carbons (Fsp3) is 0.333. The van der Waals surface area contributed by atoms with Gasteiger partial charge >= 0.3 is 6.18 Å². The highest BCUT2D eigenvalue weighted by molar-refractivity contribution is 5.82. The van der Waals surface area contributed by atoms with Crippen molar-refractivity contribution in [1.29, 1.82) is 0 Å². The lowest BCUT2D eigenvalue weighted by Crippen LogP contribution is -2.43. The predicted octanol–water partition coefficient (Wildman–Crippen LogP) is 3.71. The number of hydrogen-bond acceptors (Lipinski definition) is 3. The van der Waals surface area contributed by atoms with Crippen molar-refractivity contribution in [2.24, 2.45) is 5.92 Å². The van der Waals surface area contributed by atoms with Crippen LogP contribution in [0.5, 0.6) is 0 Å². The van der Waals surface area contributed by atoms with Crippen molar-refractivity contribution in [3.63, 3.8) is 0 Å². The fourth-order valence-corrected chi connectivity index (χ4v) is 3.76. The summed E-state index contributed by atoms with van der Waals surface area (Å²) in [6.07, 6.45) is -2.39. The SMILES string of the molecule is O=C(Cc1ccc(-c2ccccc2C(F)(F)F)cc1)N[C@@H]1CCC[C@@H]1C(=O)NO. The van der Waals surface area contributed by atoms with Gasteiger partial charge in [0.25, 0.3) is 0 Å². The van der Waals surface area contributed by atoms with Gasteiger partial charge in [-0.25, -0.2) is 5.48 Å². The molecule has 154 valence electrons. The summed E-state index contributed by atoms with van der Waals surface area (Å²) in [6, 6.07) is 11.4. The highest BCUT2D eigenvalue weighted by atomic mass is 19.4. The van der Waals surface area contributed by atoms with Gasteiger partial charge in [-0.1, -0.05) is 48.9 Å². The Labute approximate surface area is 165 Å². The van der Waals surface area contributed by atoms with E-state index in [1.807, 2.05) is 0 Å². The number of hydroxylamine groups is 1. The molecule has 2 aromatic rings. The number of amides is 2. The van der Waals surface area contributed by atoms with E-state index in [4.69, 9.17) is 5.21 Å². The number of hydrogen-bond donors (Lipinski definition) is 3. The number of benzene rings is 2. The molecule has 2 aromatic carbocycles. The Morgan fingerprint density at radius 1 is 1.03 bits per heavy atom. The number of carbonyl (C=O) groups is 2. The molecule has 2 amide bonds. The minimum Gasteiger partial charge on any atom is -0.352 e. The molecule has 8 heteroatoms. The van der Waals surface area contributed by atoms with Crippen molar-refractivity contribution in [2.75, 3.05) is 0 Å². The average Bonchev–Trinajstić information content (AvgIpc) is 3.15. The molecule has 0 spiro atoms. The van der Waals surface area contributed by atoms with Crippen LogP contribution in [0.25, 0.3) is 11.1 Å². The van der Waals surface area contributed by atoms with E-state index < -0.39 is 23.6 Å². The molecule has 1 aliphatic carbocycles. The monoisotopic (exact) mass is 406 g/mol. The summed E-state index contributed by atoms with van der Waals surface area (Å²) in [5.41, 5.74) is 2.07. The van der Waals surface area contributed by atoms with Crippen molar-refractivity contribution in [3.05, 3.63) is 59.7 Å². The van der Waals surface area contributed by atoms with Crippen molar-refractivity contribution in [2.45, 2.75) is 37.9 Å². The van der Waals surface area contributed by atoms with E-state index in [1.54, 1.807) is 35.8 Å². The van der Waals surface area contributed by atoms with Gasteiger partial charge in [0, 0.05) is 6.04 Å². The first-order valence-electron chi connectivity index (χ1n) is 9.28. The summed E-state index contributed by atoms with van der Waals surface area (Å²) < 4.78 is 39.6. The molecule has 0 saturated heterocycles. The Kier molecular flexibility index (Phi) is 6.22. The number of alkyl halides is 3. The summed E-state index contributed by atoms with van der Waals surface area (Å²) in [4.78, 5) is 24.0. The predicted molar refractivity (Wildman–Crippen MR) is 99.8 cm³/mol. The summed E-state index contributed by atoms with van der Waals surface area (Å²) >= 11 is 0. The maximum atomic E-state index is 13.2. The molecule has 29 heavy (non-hydrogen) atoms. The molecule has 1 saturated carbocycles. The Balaban J connectivity index is 1.67. The molecule has 3 rings (SSSR count). The highest BCUT2D eigenvalue weighted by Crippen LogP contribution is 2.36. The Hall–Kier alpha value is -2.87. The summed E-state index contributed by atoms with van der Waals surface area (Å²) in [6.45, 7) is 0. The van der Waals surface area contributed by atoms with Crippen LogP contribution in [-0.2, 0) is 22.2 Å². The van der Waals surface area contributed by atoms with Gasteiger partial charge in [-0.2, -0.15) is 13.2 Å². The van der Waals surface area contributed by atoms with Gasteiger partial charge in [0.2, 0.25) is 11.8 Å². The van der Waals surface area contributed by atoms with Crippen LogP contribution in [0.1, 0.15) is 30.4 Å². The third-order valence-corrected chi connectivity index (χ3v) is 5.17. The number of carbonyl (C=O) groups excluding carboxylic acids is 2. The van der Waals surface area contributed by atoms with Crippen LogP contribution < -0.4 is 10.8 Å². The Morgan fingerprint density at radius 3 is 2.38 bits per heavy atom. The van der Waals surface area contributed by atoms with Crippen LogP contribution in [0.3, 0.4) is 0 Å². The summed E-state index contributed by atoms with van der Waals surface area (Å²) in [5.74, 6) is -1.26. The number of nitrogens with one attached hydrogen (secondary N) is 2. The fourth-order valence-electron chi connectivity index (χ4n) is 3.76. The molecule has 0 unspecified atom stereocenters. The topological polar surface area (TPSA) is 78.4 Å². The quantitative estimate of drug-likeness (QED) is 0.523. The van der Waals surface area contributed by atoms with E-state index in [1.165, 1.54) is 12.1 Å². The third-order valence-electron chi connectivity index (χ3n) is 5.17. The van der Waals surface area contributed by atoms with Crippen molar-refractivity contribution in [1.82, 2.24) is 10.8 Å². The van der Waals surface area contributed by atoms with Gasteiger partial charge in [-0.05, 0) is 35.6 Å². The third kappa shape index (κ3) is 4.95. The Bertz CT molecular complexity index is 881. The number of rotatable bonds is 5. The molecule has 1 aliphatic rings. The first-order chi connectivity index (χ1) is 13.8. The van der Waals surface area contributed by atoms with Crippen molar-refractivity contribution < 1.29 is 28.0 Å². The first kappa shape index (κ1) is 20.9. The van der Waals surface area contributed by atoms with Crippen LogP contribution >= 0.6 is 0 Å². The van der Waals surface area contributed by atoms with Gasteiger partial charge in [0.05, 0.1) is 17.9 Å². The van der Waals surface area contributed by atoms with E-state index in [-0.39, 0.29) is 23.9 Å². The minimum atomic E-state index is -4.45. The molecule has 3 N–H and O–H groups in total. The molecule has 0 aliphatic heterocycles. The second-order valence-corrected chi connectivity index (χ2v) is 7.10. The van der Waals surface area contributed by atoms with Crippen LogP contribution in [0, 0.1) is 5.92 Å². The zero-order valence-corrected chi connectivity index (χ0v) is 15.5. The van der Waals surface area contributed by atoms with E-state index >= 15 is 0 Å². The normalized spacial score (nSPS) is 19.0. The summed E-state index contributed by atoms with van der Waals surface area (Å²) in [7, 11) is 0. The molecular weight excluding hydrogens is 385 g/mol. The zero-order chi connectivity index (χ0) is 21.0. The van der Waals surface area contributed by atoms with E-state index in [0.717, 1.165) is 12.5 Å². The molecule has 0 radical (unpaired) electrons. The largest absolute Gasteiger partial charge is 0.417 e. The van der Waals surface area contributed by atoms with Gasteiger partial charge in [0.1, 0.15) is 0 Å². The lowest BCUT2D eigenvalue weighted by molar-refractivity contribution is -0.137. The van der Waals surface area contributed by atoms with E-state index in [9.17, 15) is 22.8 Å². The lowest BCUT2D eigenvalue weighted by atomic mass is 9.97.